The Balaban J connectivity index is 2.66. The van der Waals surface area contributed by atoms with Gasteiger partial charge in [0.25, 0.3) is 0 Å². The Morgan fingerprint density at radius 3 is 2.54 bits per heavy atom. The molecule has 0 heterocycles. The molecule has 0 radical (unpaired) electrons. The first-order chi connectivity index (χ1) is 5.97. The lowest BCUT2D eigenvalue weighted by molar-refractivity contribution is -0.130. The van der Waals surface area contributed by atoms with Crippen molar-refractivity contribution in [3.8, 4) is 0 Å². The molecule has 3 heteroatoms. The lowest BCUT2D eigenvalue weighted by atomic mass is 9.73. The Labute approximate surface area is 79.5 Å². The quantitative estimate of drug-likeness (QED) is 0.644. The molecule has 13 heavy (non-hydrogen) atoms. The van der Waals surface area contributed by atoms with E-state index >= 15 is 0 Å². The molecule has 0 aromatic heterocycles. The predicted octanol–water partition coefficient (Wildman–Crippen LogP) is 1.75. The number of carbonyl (C=O) groups is 1. The molecule has 1 fully saturated rings. The Kier molecular flexibility index (Phi) is 3.09. The van der Waals surface area contributed by atoms with Crippen LogP contribution in [0, 0.1) is 11.8 Å². The number of nitrogens with one attached hydrogen (secondary N) is 1. The minimum atomic E-state index is -0.475. The van der Waals surface area contributed by atoms with Crippen molar-refractivity contribution in [2.24, 2.45) is 11.8 Å². The van der Waals surface area contributed by atoms with Crippen molar-refractivity contribution in [3.63, 3.8) is 0 Å². The molecule has 0 spiro atoms. The zero-order valence-electron chi connectivity index (χ0n) is 8.63. The number of ketones is 1. The summed E-state index contributed by atoms with van der Waals surface area (Å²) in [5, 5.41) is 8.93. The highest BCUT2D eigenvalue weighted by Gasteiger charge is 2.37. The molecular formula is C10H19NO2. The first-order valence-electron chi connectivity index (χ1n) is 4.91. The minimum Gasteiger partial charge on any atom is -0.316 e. The van der Waals surface area contributed by atoms with Crippen LogP contribution in [0.4, 0.5) is 0 Å². The normalized spacial score (nSPS) is 30.6. The highest BCUT2D eigenvalue weighted by molar-refractivity contribution is 5.83. The van der Waals surface area contributed by atoms with E-state index in [0.717, 1.165) is 12.8 Å². The van der Waals surface area contributed by atoms with Gasteiger partial charge in [-0.25, -0.2) is 0 Å². The molecule has 2 unspecified atom stereocenters. The van der Waals surface area contributed by atoms with Gasteiger partial charge >= 0.3 is 0 Å². The van der Waals surface area contributed by atoms with Crippen molar-refractivity contribution in [1.29, 1.82) is 0 Å². The summed E-state index contributed by atoms with van der Waals surface area (Å²) in [5.41, 5.74) is 1.76. The summed E-state index contributed by atoms with van der Waals surface area (Å²) in [6, 6.07) is 0. The summed E-state index contributed by atoms with van der Waals surface area (Å²) in [6.45, 7) is 5.84. The van der Waals surface area contributed by atoms with Crippen molar-refractivity contribution in [1.82, 2.24) is 5.48 Å². The lowest BCUT2D eigenvalue weighted by Gasteiger charge is -2.36. The second-order valence-corrected chi connectivity index (χ2v) is 4.74. The van der Waals surface area contributed by atoms with Gasteiger partial charge in [0.1, 0.15) is 5.78 Å². The molecule has 2 N–H and O–H groups in total. The molecule has 76 valence electrons. The van der Waals surface area contributed by atoms with Crippen LogP contribution < -0.4 is 5.48 Å². The Morgan fingerprint density at radius 2 is 2.08 bits per heavy atom. The minimum absolute atomic E-state index is 0.0336. The van der Waals surface area contributed by atoms with Gasteiger partial charge in [0.05, 0.1) is 0 Å². The molecule has 0 saturated heterocycles. The van der Waals surface area contributed by atoms with E-state index in [0.29, 0.717) is 12.3 Å². The van der Waals surface area contributed by atoms with E-state index in [-0.39, 0.29) is 11.7 Å². The highest BCUT2D eigenvalue weighted by Crippen LogP contribution is 2.32. The second-order valence-electron chi connectivity index (χ2n) is 4.74. The highest BCUT2D eigenvalue weighted by atomic mass is 16.5. The van der Waals surface area contributed by atoms with Crippen molar-refractivity contribution in [2.75, 3.05) is 0 Å². The molecule has 1 saturated carbocycles. The Hall–Kier alpha value is -0.410. The number of hydrogen-bond acceptors (Lipinski definition) is 3. The van der Waals surface area contributed by atoms with Gasteiger partial charge in [-0.05, 0) is 32.6 Å². The molecule has 2 atom stereocenters. The average Bonchev–Trinajstić information content (AvgIpc) is 2.03. The monoisotopic (exact) mass is 185 g/mol. The van der Waals surface area contributed by atoms with Crippen LogP contribution in [0.1, 0.15) is 40.0 Å². The van der Waals surface area contributed by atoms with Gasteiger partial charge in [-0.2, -0.15) is 5.48 Å². The molecule has 0 aromatic carbocycles. The van der Waals surface area contributed by atoms with Crippen LogP contribution in [-0.2, 0) is 4.79 Å². The van der Waals surface area contributed by atoms with E-state index in [9.17, 15) is 4.79 Å². The second kappa shape index (κ2) is 3.76. The SMILES string of the molecule is CC1CCC(C(C)(C)NO)C(=O)C1. The average molecular weight is 185 g/mol. The maximum Gasteiger partial charge on any atom is 0.138 e. The number of hydroxylamine groups is 1. The summed E-state index contributed by atoms with van der Waals surface area (Å²) >= 11 is 0. The fourth-order valence-corrected chi connectivity index (χ4v) is 2.04. The van der Waals surface area contributed by atoms with Crippen molar-refractivity contribution >= 4 is 5.78 Å². The molecular weight excluding hydrogens is 166 g/mol. The van der Waals surface area contributed by atoms with Crippen LogP contribution >= 0.6 is 0 Å². The molecule has 0 amide bonds. The number of Topliss-reactive ketones (excluding diaryl/α,β-unsaturated/α-hetero) is 1. The molecule has 1 aliphatic rings. The molecule has 0 bridgehead atoms. The number of rotatable bonds is 2. The molecule has 0 aromatic rings. The fraction of sp³-hybridized carbons (Fsp3) is 0.900. The largest absolute Gasteiger partial charge is 0.316 e. The van der Waals surface area contributed by atoms with Crippen molar-refractivity contribution < 1.29 is 10.0 Å². The number of carbonyl (C=O) groups excluding carboxylic acids is 1. The van der Waals surface area contributed by atoms with E-state index in [1.54, 1.807) is 0 Å². The van der Waals surface area contributed by atoms with E-state index in [1.807, 2.05) is 13.8 Å². The first kappa shape index (κ1) is 10.7. The van der Waals surface area contributed by atoms with Gasteiger partial charge in [0.2, 0.25) is 0 Å². The van der Waals surface area contributed by atoms with E-state index in [2.05, 4.69) is 12.4 Å². The van der Waals surface area contributed by atoms with Crippen LogP contribution in [0.3, 0.4) is 0 Å². The molecule has 3 nitrogen and oxygen atoms in total. The van der Waals surface area contributed by atoms with Gasteiger partial charge in [-0.3, -0.25) is 4.79 Å². The van der Waals surface area contributed by atoms with Gasteiger partial charge in [-0.15, -0.1) is 0 Å². The van der Waals surface area contributed by atoms with Crippen LogP contribution in [0.25, 0.3) is 0 Å². The Morgan fingerprint density at radius 1 is 1.46 bits per heavy atom. The molecule has 0 aliphatic heterocycles. The smallest absolute Gasteiger partial charge is 0.138 e. The predicted molar refractivity (Wildman–Crippen MR) is 50.5 cm³/mol. The zero-order valence-corrected chi connectivity index (χ0v) is 8.63. The molecule has 1 aliphatic carbocycles. The topological polar surface area (TPSA) is 49.3 Å². The van der Waals surface area contributed by atoms with E-state index in [1.165, 1.54) is 0 Å². The zero-order chi connectivity index (χ0) is 10.1. The maximum absolute atomic E-state index is 11.7. The number of hydrogen-bond donors (Lipinski definition) is 2. The van der Waals surface area contributed by atoms with Crippen LogP contribution in [-0.4, -0.2) is 16.5 Å². The molecule has 1 rings (SSSR count). The Bertz CT molecular complexity index is 201. The summed E-state index contributed by atoms with van der Waals surface area (Å²) in [5.74, 6) is 0.761. The van der Waals surface area contributed by atoms with Gasteiger partial charge in [0.15, 0.2) is 0 Å². The third kappa shape index (κ3) is 2.29. The van der Waals surface area contributed by atoms with Gasteiger partial charge in [0, 0.05) is 17.9 Å². The van der Waals surface area contributed by atoms with Crippen LogP contribution in [0.5, 0.6) is 0 Å². The van der Waals surface area contributed by atoms with Crippen molar-refractivity contribution in [2.45, 2.75) is 45.6 Å². The maximum atomic E-state index is 11.7. The van der Waals surface area contributed by atoms with Crippen LogP contribution in [0.15, 0.2) is 0 Å². The lowest BCUT2D eigenvalue weighted by Crippen LogP contribution is -2.49. The van der Waals surface area contributed by atoms with E-state index in [4.69, 9.17) is 5.21 Å². The first-order valence-corrected chi connectivity index (χ1v) is 4.91. The van der Waals surface area contributed by atoms with Gasteiger partial charge < -0.3 is 5.21 Å². The fourth-order valence-electron chi connectivity index (χ4n) is 2.04. The summed E-state index contributed by atoms with van der Waals surface area (Å²) < 4.78 is 0. The summed E-state index contributed by atoms with van der Waals surface area (Å²) in [7, 11) is 0. The third-order valence-electron chi connectivity index (χ3n) is 3.05. The van der Waals surface area contributed by atoms with Crippen LogP contribution in [0.2, 0.25) is 0 Å². The third-order valence-corrected chi connectivity index (χ3v) is 3.05. The van der Waals surface area contributed by atoms with Crippen molar-refractivity contribution in [3.05, 3.63) is 0 Å². The van der Waals surface area contributed by atoms with E-state index < -0.39 is 5.54 Å². The van der Waals surface area contributed by atoms with Gasteiger partial charge in [-0.1, -0.05) is 6.92 Å². The standard InChI is InChI=1S/C10H19NO2/c1-7-4-5-8(9(12)6-7)10(2,3)11-13/h7-8,11,13H,4-6H2,1-3H3. The summed E-state index contributed by atoms with van der Waals surface area (Å²) in [4.78, 5) is 11.7. The summed E-state index contributed by atoms with van der Waals surface area (Å²) in [6.07, 6.45) is 2.64.